The van der Waals surface area contributed by atoms with Crippen LogP contribution in [-0.2, 0) is 56.2 Å². The third-order valence-electron chi connectivity index (χ3n) is 25.4. The van der Waals surface area contributed by atoms with Gasteiger partial charge in [0.1, 0.15) is 16.8 Å². The highest BCUT2D eigenvalue weighted by Gasteiger charge is 2.64. The minimum absolute atomic E-state index is 0.00405. The van der Waals surface area contributed by atoms with Gasteiger partial charge in [-0.25, -0.2) is 14.4 Å². The van der Waals surface area contributed by atoms with E-state index in [0.717, 1.165) is 100 Å². The quantitative estimate of drug-likeness (QED) is 0.0545. The van der Waals surface area contributed by atoms with Crippen molar-refractivity contribution in [3.05, 3.63) is 156 Å². The van der Waals surface area contributed by atoms with Crippen LogP contribution < -0.4 is 16.6 Å². The smallest absolute Gasteiger partial charge is 0.442 e. The van der Waals surface area contributed by atoms with Crippen molar-refractivity contribution >= 4 is 76.7 Å². The first-order valence-electron chi connectivity index (χ1n) is 40.8. The summed E-state index contributed by atoms with van der Waals surface area (Å²) in [5, 5.41) is 31.1. The third kappa shape index (κ3) is 21.6. The molecule has 6 saturated heterocycles. The van der Waals surface area contributed by atoms with E-state index in [-0.39, 0.29) is 81.1 Å². The summed E-state index contributed by atoms with van der Waals surface area (Å²) in [5.74, 6) is 1.13. The van der Waals surface area contributed by atoms with E-state index in [0.29, 0.717) is 56.7 Å². The number of aryl methyl sites for hydroxylation is 2. The number of nitrogens with zero attached hydrogens (tertiary/aromatic N) is 5. The van der Waals surface area contributed by atoms with Gasteiger partial charge in [-0.05, 0) is 259 Å². The molecular weight excluding hydrogens is 1580 g/mol. The first-order chi connectivity index (χ1) is 52.6. The van der Waals surface area contributed by atoms with E-state index < -0.39 is 54.7 Å². The second kappa shape index (κ2) is 33.8. The van der Waals surface area contributed by atoms with Crippen LogP contribution in [0.4, 0.5) is 14.4 Å². The molecule has 0 bridgehead atoms. The van der Waals surface area contributed by atoms with Gasteiger partial charge in [0.15, 0.2) is 0 Å². The monoisotopic (exact) mass is 1700 g/mol. The maximum absolute atomic E-state index is 13.0. The molecule has 0 spiro atoms. The molecule has 2 aromatic heterocycles. The topological polar surface area (TPSA) is 249 Å². The number of cyclic esters (lactones) is 3. The molecule has 3 unspecified atom stereocenters. The molecule has 3 saturated carbocycles. The summed E-state index contributed by atoms with van der Waals surface area (Å²) in [6, 6.07) is 30.8. The number of hydrogen-bond donors (Lipinski definition) is 3. The highest BCUT2D eigenvalue weighted by molar-refractivity contribution is 9.10. The number of pyridine rings is 2. The second-order valence-corrected chi connectivity index (χ2v) is 40.1. The maximum atomic E-state index is 13.0. The standard InChI is InChI=1S/C25H38BNO5.C25H32N2O4.C19H26BrNO3.C12H24B2O4.C6H6BrNO/c1-17(18-8-12-20(13-9-18)26-31-23(4,5)24(6,7)32-26)27-15-14-25(19-10-11-19,30-21(27)28)16-22(2,3)29;1-17(18-5-7-19(8-6-18)20-11-13-26(4)22(28)15-20)27-14-12-25(21-9-10-21,31-23(27)29)16-24(2,3)30;1-13(14-4-8-16(20)9-5-14)21-11-10-19(15-6-7-15,24-17(21)22)12-18(2,3)23;1-9(2)10(3,4)16-13(15-9)14-17-11(5,6)12(7,8)18-14;1-8-3-2-5(7)4-6(8)9/h8-9,12-13,17,19,29H,10-11,14-16H2,1-7H3;5-8,11,13,15,17,21,30H,9-10,12,14,16H2,1-4H3;4-5,8-9,13,15,23H,6-7,10-12H2,1-3H3;1-8H3;2-4H,1H3/t2*17-,25?;13-,19?;;/m000../s1. The van der Waals surface area contributed by atoms with Gasteiger partial charge in [0, 0.05) is 106 Å². The summed E-state index contributed by atoms with van der Waals surface area (Å²) in [7, 11) is 2.10. The fourth-order valence-corrected chi connectivity index (χ4v) is 16.8. The second-order valence-electron chi connectivity index (χ2n) is 38.3. The zero-order valence-electron chi connectivity index (χ0n) is 71.7. The fraction of sp³-hybridized carbons (Fsp3) is 0.644. The van der Waals surface area contributed by atoms with Crippen molar-refractivity contribution in [2.24, 2.45) is 31.8 Å². The van der Waals surface area contributed by atoms with E-state index >= 15 is 0 Å². The maximum Gasteiger partial charge on any atom is 0.494 e. The Hall–Kier alpha value is -5.84. The Bertz CT molecular complexity index is 4230. The van der Waals surface area contributed by atoms with Crippen molar-refractivity contribution in [3.63, 3.8) is 0 Å². The van der Waals surface area contributed by atoms with Gasteiger partial charge in [0.2, 0.25) is 0 Å². The van der Waals surface area contributed by atoms with Crippen LogP contribution in [0.15, 0.2) is 128 Å². The first kappa shape index (κ1) is 90.5. The number of benzene rings is 3. The molecule has 114 heavy (non-hydrogen) atoms. The summed E-state index contributed by atoms with van der Waals surface area (Å²) in [4.78, 5) is 66.8. The largest absolute Gasteiger partial charge is 0.494 e. The first-order valence-corrected chi connectivity index (χ1v) is 42.4. The summed E-state index contributed by atoms with van der Waals surface area (Å²) < 4.78 is 59.1. The Kier molecular flexibility index (Phi) is 26.8. The predicted molar refractivity (Wildman–Crippen MR) is 453 cm³/mol. The number of ether oxygens (including phenoxy) is 3. The average Bonchev–Trinajstić information content (AvgIpc) is 1.10. The number of rotatable bonds is 18. The van der Waals surface area contributed by atoms with E-state index in [2.05, 4.69) is 31.9 Å². The molecule has 9 aliphatic rings. The third-order valence-corrected chi connectivity index (χ3v) is 26.4. The normalized spacial score (nSPS) is 25.6. The Labute approximate surface area is 694 Å². The molecule has 3 aliphatic carbocycles. The SMILES string of the molecule is CC1(C)OB(B2OC(C)(C)C(C)(C)O2)OC1(C)C.C[C@@H](c1ccc(-c2ccn(C)c(=O)c2)cc1)N1CCC(CC(C)(C)O)(C2CC2)OC1=O.C[C@@H](c1ccc(B2OC(C)(C)C(C)(C)O2)cc1)N1CCC(CC(C)(C)O)(C2CC2)OC1=O.C[C@@H](c1ccc(Br)cc1)N1CCC(CC(C)(C)O)(C2CC2)OC1=O.Cn1ccc(Br)cc1=O. The van der Waals surface area contributed by atoms with Crippen molar-refractivity contribution < 1.29 is 71.8 Å². The molecular formula is C87H126B3Br2N5O17. The van der Waals surface area contributed by atoms with Gasteiger partial charge in [-0.15, -0.1) is 0 Å². The van der Waals surface area contributed by atoms with Crippen LogP contribution in [-0.4, -0.2) is 165 Å². The Morgan fingerprint density at radius 3 is 0.974 bits per heavy atom. The minimum atomic E-state index is -0.870. The van der Waals surface area contributed by atoms with E-state index in [1.807, 2.05) is 189 Å². The molecule has 3 aromatic carbocycles. The highest BCUT2D eigenvalue weighted by atomic mass is 79.9. The van der Waals surface area contributed by atoms with E-state index in [4.69, 9.17) is 42.1 Å². The van der Waals surface area contributed by atoms with E-state index in [1.54, 1.807) is 93.4 Å². The van der Waals surface area contributed by atoms with Crippen molar-refractivity contribution in [1.29, 1.82) is 0 Å². The van der Waals surface area contributed by atoms with Crippen molar-refractivity contribution in [1.82, 2.24) is 23.8 Å². The molecule has 5 aromatic rings. The Morgan fingerprint density at radius 2 is 0.693 bits per heavy atom. The number of carbonyl (C=O) groups is 3. The van der Waals surface area contributed by atoms with Crippen LogP contribution in [0.25, 0.3) is 11.1 Å². The lowest BCUT2D eigenvalue weighted by Crippen LogP contribution is -2.54. The molecule has 8 heterocycles. The minimum Gasteiger partial charge on any atom is -0.442 e. The fourth-order valence-electron chi connectivity index (χ4n) is 16.2. The van der Waals surface area contributed by atoms with E-state index in [9.17, 15) is 39.3 Å². The van der Waals surface area contributed by atoms with Gasteiger partial charge in [-0.3, -0.25) is 9.59 Å². The van der Waals surface area contributed by atoms with Crippen molar-refractivity contribution in [2.75, 3.05) is 19.6 Å². The number of hydrogen-bond acceptors (Lipinski definition) is 17. The molecule has 6 atom stereocenters. The predicted octanol–water partition coefficient (Wildman–Crippen LogP) is 16.5. The van der Waals surface area contributed by atoms with Crippen LogP contribution >= 0.6 is 31.9 Å². The van der Waals surface area contributed by atoms with Gasteiger partial charge in [0.05, 0.1) is 68.5 Å². The lowest BCUT2D eigenvalue weighted by atomic mass is 9.49. The molecule has 6 aliphatic heterocycles. The molecule has 22 nitrogen and oxygen atoms in total. The van der Waals surface area contributed by atoms with Crippen molar-refractivity contribution in [3.8, 4) is 11.1 Å². The zero-order valence-corrected chi connectivity index (χ0v) is 74.9. The van der Waals surface area contributed by atoms with Gasteiger partial charge in [-0.1, -0.05) is 92.5 Å². The summed E-state index contributed by atoms with van der Waals surface area (Å²) >= 11 is 6.62. The molecule has 9 fully saturated rings. The van der Waals surface area contributed by atoms with Crippen LogP contribution in [0.1, 0.15) is 257 Å². The molecule has 14 rings (SSSR count). The van der Waals surface area contributed by atoms with Crippen molar-refractivity contribution in [2.45, 2.75) is 308 Å². The Morgan fingerprint density at radius 1 is 0.404 bits per heavy atom. The average molecular weight is 1710 g/mol. The molecule has 3 amide bonds. The zero-order chi connectivity index (χ0) is 84.3. The lowest BCUT2D eigenvalue weighted by molar-refractivity contribution is -0.109. The summed E-state index contributed by atoms with van der Waals surface area (Å²) in [6.07, 6.45) is 12.8. The summed E-state index contributed by atoms with van der Waals surface area (Å²) in [5.41, 5.74) is -0.402. The summed E-state index contributed by atoms with van der Waals surface area (Å²) in [6.45, 7) is 43.1. The Balaban J connectivity index is 0.000000158. The van der Waals surface area contributed by atoms with E-state index in [1.165, 1.54) is 10.6 Å². The van der Waals surface area contributed by atoms with Gasteiger partial charge < -0.3 is 81.3 Å². The number of aliphatic hydroxyl groups is 3. The molecule has 3 N–H and O–H groups in total. The highest BCUT2D eigenvalue weighted by Crippen LogP contribution is 2.54. The van der Waals surface area contributed by atoms with Crippen LogP contribution in [0.5, 0.6) is 0 Å². The number of halogens is 2. The lowest BCUT2D eigenvalue weighted by Gasteiger charge is -2.45. The molecule has 0 radical (unpaired) electrons. The number of carbonyl (C=O) groups excluding carboxylic acids is 3. The van der Waals surface area contributed by atoms with Crippen LogP contribution in [0, 0.1) is 17.8 Å². The number of aromatic nitrogens is 2. The van der Waals surface area contributed by atoms with Crippen LogP contribution in [0.3, 0.4) is 0 Å². The van der Waals surface area contributed by atoms with Crippen LogP contribution in [0.2, 0.25) is 0 Å². The van der Waals surface area contributed by atoms with Gasteiger partial charge in [0.25, 0.3) is 11.1 Å². The number of amides is 3. The molecule has 27 heteroatoms. The van der Waals surface area contributed by atoms with Gasteiger partial charge >= 0.3 is 39.4 Å². The molecule has 624 valence electrons. The van der Waals surface area contributed by atoms with Gasteiger partial charge in [-0.2, -0.15) is 0 Å².